The van der Waals surface area contributed by atoms with Crippen LogP contribution in [-0.2, 0) is 14.3 Å². The van der Waals surface area contributed by atoms with Crippen molar-refractivity contribution in [1.82, 2.24) is 5.32 Å². The molecule has 59 heavy (non-hydrogen) atoms. The first-order chi connectivity index (χ1) is 29.0. The van der Waals surface area contributed by atoms with Crippen LogP contribution in [-0.4, -0.2) is 46.9 Å². The molecule has 0 rings (SSSR count). The summed E-state index contributed by atoms with van der Waals surface area (Å²) in [6.45, 7) is 6.30. The Kier molecular flexibility index (Phi) is 44.2. The Balaban J connectivity index is 4.67. The molecule has 3 N–H and O–H groups in total. The van der Waals surface area contributed by atoms with E-state index in [1.54, 1.807) is 0 Å². The standard InChI is InChI=1S/C53H93NO5/c1-4-7-10-13-16-19-22-25-26-28-30-33-36-39-42-45-51(56)50(48-55)54-52(57)47-49(44-41-38-35-32-29-24-21-18-15-12-9-6-3)59-53(58)46-43-40-37-34-31-27-23-20-17-14-11-8-5-2/h8,11,14,17,20,23,27,31-32,34-35,37,49-51,55-56H,4-7,9-10,12-13,15-16,18-19,21-22,24-26,28-30,33,36,38-48H2,1-3H3,(H,54,57)/b11-8+,17-14+,23-20-,31-27-,35-32-,37-34+. The van der Waals surface area contributed by atoms with Gasteiger partial charge in [0.25, 0.3) is 0 Å². The van der Waals surface area contributed by atoms with Crippen molar-refractivity contribution in [3.63, 3.8) is 0 Å². The second-order valence-electron chi connectivity index (χ2n) is 16.6. The fourth-order valence-corrected chi connectivity index (χ4v) is 7.17. The second-order valence-corrected chi connectivity index (χ2v) is 16.6. The summed E-state index contributed by atoms with van der Waals surface area (Å²) in [5.41, 5.74) is 0. The lowest BCUT2D eigenvalue weighted by Crippen LogP contribution is -2.46. The first-order valence-corrected chi connectivity index (χ1v) is 24.7. The molecule has 0 aliphatic rings. The van der Waals surface area contributed by atoms with Crippen LogP contribution < -0.4 is 5.32 Å². The highest BCUT2D eigenvalue weighted by Gasteiger charge is 2.24. The van der Waals surface area contributed by atoms with Crippen molar-refractivity contribution in [2.75, 3.05) is 6.61 Å². The number of hydrogen-bond acceptors (Lipinski definition) is 5. The number of ether oxygens (including phenoxy) is 1. The molecule has 1 amide bonds. The minimum Gasteiger partial charge on any atom is -0.462 e. The van der Waals surface area contributed by atoms with Crippen LogP contribution >= 0.6 is 0 Å². The van der Waals surface area contributed by atoms with Gasteiger partial charge < -0.3 is 20.3 Å². The first-order valence-electron chi connectivity index (χ1n) is 24.7. The predicted molar refractivity (Wildman–Crippen MR) is 255 cm³/mol. The summed E-state index contributed by atoms with van der Waals surface area (Å²) in [5, 5.41) is 23.7. The molecule has 0 bridgehead atoms. The zero-order valence-corrected chi connectivity index (χ0v) is 38.6. The highest BCUT2D eigenvalue weighted by molar-refractivity contribution is 5.77. The van der Waals surface area contributed by atoms with Crippen molar-refractivity contribution >= 4 is 11.9 Å². The fourth-order valence-electron chi connectivity index (χ4n) is 7.17. The summed E-state index contributed by atoms with van der Waals surface area (Å²) in [6, 6.07) is -0.726. The maximum absolute atomic E-state index is 13.2. The molecule has 340 valence electrons. The van der Waals surface area contributed by atoms with E-state index in [0.29, 0.717) is 19.3 Å². The van der Waals surface area contributed by atoms with Gasteiger partial charge in [0.1, 0.15) is 6.10 Å². The lowest BCUT2D eigenvalue weighted by Gasteiger charge is -2.24. The molecule has 6 nitrogen and oxygen atoms in total. The average molecular weight is 824 g/mol. The fraction of sp³-hybridized carbons (Fsp3) is 0.736. The Morgan fingerprint density at radius 2 is 0.949 bits per heavy atom. The first kappa shape index (κ1) is 56.3. The Morgan fingerprint density at radius 3 is 1.46 bits per heavy atom. The van der Waals surface area contributed by atoms with E-state index < -0.39 is 18.2 Å². The SMILES string of the molecule is CC/C=C/C=C/C=C\C=C/C=C/CCCC(=O)OC(CCC/C=C\CCCCCCCCC)CC(=O)NC(CO)C(O)CCCCCCCCCCCCCCCCC. The second kappa shape index (κ2) is 46.4. The van der Waals surface area contributed by atoms with Crippen molar-refractivity contribution in [2.45, 2.75) is 244 Å². The smallest absolute Gasteiger partial charge is 0.306 e. The quantitative estimate of drug-likeness (QED) is 0.0246. The van der Waals surface area contributed by atoms with Gasteiger partial charge in [0.15, 0.2) is 0 Å². The third kappa shape index (κ3) is 41.8. The van der Waals surface area contributed by atoms with Crippen LogP contribution in [0.1, 0.15) is 226 Å². The molecular formula is C53H93NO5. The van der Waals surface area contributed by atoms with Crippen LogP contribution in [0, 0.1) is 0 Å². The Bertz CT molecular complexity index is 1110. The van der Waals surface area contributed by atoms with Crippen molar-refractivity contribution in [3.05, 3.63) is 72.9 Å². The lowest BCUT2D eigenvalue weighted by atomic mass is 10.0. The predicted octanol–water partition coefficient (Wildman–Crippen LogP) is 14.6. The van der Waals surface area contributed by atoms with Crippen molar-refractivity contribution in [1.29, 1.82) is 0 Å². The minimum atomic E-state index is -0.808. The summed E-state index contributed by atoms with van der Waals surface area (Å²) >= 11 is 0. The molecule has 0 spiro atoms. The van der Waals surface area contributed by atoms with Gasteiger partial charge in [-0.1, -0.05) is 229 Å². The molecule has 3 unspecified atom stereocenters. The van der Waals surface area contributed by atoms with E-state index in [1.165, 1.54) is 122 Å². The zero-order chi connectivity index (χ0) is 43.1. The molecule has 3 atom stereocenters. The lowest BCUT2D eigenvalue weighted by molar-refractivity contribution is -0.151. The molecule has 0 saturated carbocycles. The average Bonchev–Trinajstić information content (AvgIpc) is 3.23. The molecule has 0 heterocycles. The molecule has 0 aromatic heterocycles. The number of allylic oxidation sites excluding steroid dienone is 12. The number of carbonyl (C=O) groups excluding carboxylic acids is 2. The third-order valence-electron chi connectivity index (χ3n) is 10.9. The number of amides is 1. The van der Waals surface area contributed by atoms with Gasteiger partial charge in [-0.3, -0.25) is 9.59 Å². The zero-order valence-electron chi connectivity index (χ0n) is 38.6. The van der Waals surface area contributed by atoms with Crippen LogP contribution in [0.5, 0.6) is 0 Å². The summed E-state index contributed by atoms with van der Waals surface area (Å²) in [6.07, 6.45) is 58.3. The molecule has 0 fully saturated rings. The van der Waals surface area contributed by atoms with E-state index in [1.807, 2.05) is 54.7 Å². The Hall–Kier alpha value is -2.70. The van der Waals surface area contributed by atoms with Crippen LogP contribution in [0.3, 0.4) is 0 Å². The molecule has 0 saturated heterocycles. The molecule has 6 heteroatoms. The van der Waals surface area contributed by atoms with E-state index in [-0.39, 0.29) is 31.3 Å². The maximum Gasteiger partial charge on any atom is 0.306 e. The van der Waals surface area contributed by atoms with Crippen molar-refractivity contribution in [2.24, 2.45) is 0 Å². The number of esters is 1. The number of unbranched alkanes of at least 4 members (excludes halogenated alkanes) is 23. The highest BCUT2D eigenvalue weighted by atomic mass is 16.5. The van der Waals surface area contributed by atoms with Crippen molar-refractivity contribution < 1.29 is 24.5 Å². The molecule has 0 radical (unpaired) electrons. The van der Waals surface area contributed by atoms with Gasteiger partial charge in [0.05, 0.1) is 25.2 Å². The van der Waals surface area contributed by atoms with E-state index in [2.05, 4.69) is 44.3 Å². The van der Waals surface area contributed by atoms with Gasteiger partial charge in [-0.2, -0.15) is 0 Å². The Labute approximate surface area is 364 Å². The number of aliphatic hydroxyl groups excluding tert-OH is 2. The molecule has 0 aliphatic heterocycles. The molecule has 0 aromatic rings. The van der Waals surface area contributed by atoms with Gasteiger partial charge in [-0.15, -0.1) is 0 Å². The minimum absolute atomic E-state index is 0.0258. The largest absolute Gasteiger partial charge is 0.462 e. The van der Waals surface area contributed by atoms with Crippen LogP contribution in [0.2, 0.25) is 0 Å². The van der Waals surface area contributed by atoms with Crippen LogP contribution in [0.25, 0.3) is 0 Å². The normalized spacial score (nSPS) is 13.9. The highest BCUT2D eigenvalue weighted by Crippen LogP contribution is 2.17. The van der Waals surface area contributed by atoms with Gasteiger partial charge in [0, 0.05) is 6.42 Å². The summed E-state index contributed by atoms with van der Waals surface area (Å²) in [4.78, 5) is 26.0. The van der Waals surface area contributed by atoms with E-state index in [9.17, 15) is 19.8 Å². The third-order valence-corrected chi connectivity index (χ3v) is 10.9. The monoisotopic (exact) mass is 824 g/mol. The van der Waals surface area contributed by atoms with E-state index in [0.717, 1.165) is 51.4 Å². The number of carbonyl (C=O) groups is 2. The summed E-state index contributed by atoms with van der Waals surface area (Å²) in [7, 11) is 0. The molecule has 0 aromatic carbocycles. The van der Waals surface area contributed by atoms with Crippen molar-refractivity contribution in [3.8, 4) is 0 Å². The summed E-state index contributed by atoms with van der Waals surface area (Å²) < 4.78 is 5.86. The Morgan fingerprint density at radius 1 is 0.508 bits per heavy atom. The number of rotatable bonds is 43. The topological polar surface area (TPSA) is 95.9 Å². The maximum atomic E-state index is 13.2. The van der Waals surface area contributed by atoms with Crippen LogP contribution in [0.15, 0.2) is 72.9 Å². The van der Waals surface area contributed by atoms with Crippen LogP contribution in [0.4, 0.5) is 0 Å². The van der Waals surface area contributed by atoms with Gasteiger partial charge in [-0.05, 0) is 57.8 Å². The number of hydrogen-bond donors (Lipinski definition) is 3. The van der Waals surface area contributed by atoms with E-state index >= 15 is 0 Å². The van der Waals surface area contributed by atoms with Gasteiger partial charge in [0.2, 0.25) is 5.91 Å². The number of nitrogens with one attached hydrogen (secondary N) is 1. The molecule has 0 aliphatic carbocycles. The van der Waals surface area contributed by atoms with E-state index in [4.69, 9.17) is 4.74 Å². The molecular weight excluding hydrogens is 731 g/mol. The number of aliphatic hydroxyl groups is 2. The summed E-state index contributed by atoms with van der Waals surface area (Å²) in [5.74, 6) is -0.594. The van der Waals surface area contributed by atoms with Gasteiger partial charge >= 0.3 is 5.97 Å². The van der Waals surface area contributed by atoms with Gasteiger partial charge in [-0.25, -0.2) is 0 Å².